The van der Waals surface area contributed by atoms with Crippen molar-refractivity contribution in [1.82, 2.24) is 0 Å². The minimum atomic E-state index is -0.926. The van der Waals surface area contributed by atoms with Gasteiger partial charge in [0.05, 0.1) is 6.42 Å². The van der Waals surface area contributed by atoms with Gasteiger partial charge in [-0.25, -0.2) is 0 Å². The number of ketones is 1. The van der Waals surface area contributed by atoms with E-state index in [2.05, 4.69) is 18.2 Å². The second kappa shape index (κ2) is 6.85. The Bertz CT molecular complexity index is 550. The van der Waals surface area contributed by atoms with E-state index in [1.165, 1.54) is 5.57 Å². The Labute approximate surface area is 118 Å². The molecule has 0 amide bonds. The summed E-state index contributed by atoms with van der Waals surface area (Å²) in [4.78, 5) is 22.0. The highest BCUT2D eigenvalue weighted by molar-refractivity contribution is 5.84. The Kier molecular flexibility index (Phi) is 4.88. The highest BCUT2D eigenvalue weighted by atomic mass is 16.4. The number of benzene rings is 1. The Hall–Kier alpha value is -2.16. The first-order chi connectivity index (χ1) is 9.65. The summed E-state index contributed by atoms with van der Waals surface area (Å²) < 4.78 is 0. The van der Waals surface area contributed by atoms with Crippen LogP contribution in [-0.4, -0.2) is 16.9 Å². The minimum Gasteiger partial charge on any atom is -0.481 e. The zero-order chi connectivity index (χ0) is 14.4. The average molecular weight is 270 g/mol. The molecule has 0 aliphatic heterocycles. The number of carboxylic acid groups (broad SMARTS) is 1. The molecule has 0 heterocycles. The van der Waals surface area contributed by atoms with Gasteiger partial charge in [-0.05, 0) is 29.5 Å². The summed E-state index contributed by atoms with van der Waals surface area (Å²) in [5.41, 5.74) is 3.31. The molecule has 104 valence electrons. The Morgan fingerprint density at radius 2 is 1.80 bits per heavy atom. The van der Waals surface area contributed by atoms with Gasteiger partial charge in [-0.15, -0.1) is 0 Å². The van der Waals surface area contributed by atoms with E-state index in [1.807, 2.05) is 24.3 Å². The van der Waals surface area contributed by atoms with Crippen molar-refractivity contribution in [2.75, 3.05) is 0 Å². The average Bonchev–Trinajstić information content (AvgIpc) is 2.47. The van der Waals surface area contributed by atoms with Gasteiger partial charge in [-0.1, -0.05) is 42.5 Å². The van der Waals surface area contributed by atoms with Crippen LogP contribution in [0.2, 0.25) is 0 Å². The van der Waals surface area contributed by atoms with Crippen molar-refractivity contribution >= 4 is 17.3 Å². The summed E-state index contributed by atoms with van der Waals surface area (Å²) in [5, 5.41) is 8.54. The molecule has 1 aliphatic carbocycles. The fourth-order valence-corrected chi connectivity index (χ4v) is 2.20. The number of hydrogen-bond acceptors (Lipinski definition) is 2. The lowest BCUT2D eigenvalue weighted by atomic mass is 9.97. The highest BCUT2D eigenvalue weighted by Crippen LogP contribution is 2.21. The molecule has 0 radical (unpaired) electrons. The predicted octanol–water partition coefficient (Wildman–Crippen LogP) is 3.40. The molecule has 1 aromatic rings. The molecule has 0 bridgehead atoms. The van der Waals surface area contributed by atoms with Crippen molar-refractivity contribution in [3.8, 4) is 0 Å². The van der Waals surface area contributed by atoms with Crippen LogP contribution in [0.15, 0.2) is 42.5 Å². The number of Topliss-reactive ketones (excluding diaryl/α,β-unsaturated/α-hetero) is 1. The van der Waals surface area contributed by atoms with E-state index < -0.39 is 5.97 Å². The van der Waals surface area contributed by atoms with Crippen molar-refractivity contribution in [3.63, 3.8) is 0 Å². The van der Waals surface area contributed by atoms with Crippen LogP contribution in [0.25, 0.3) is 5.57 Å². The number of hydrogen-bond donors (Lipinski definition) is 1. The van der Waals surface area contributed by atoms with Crippen LogP contribution in [0.4, 0.5) is 0 Å². The van der Waals surface area contributed by atoms with Gasteiger partial charge < -0.3 is 5.11 Å². The van der Waals surface area contributed by atoms with E-state index in [0.29, 0.717) is 6.42 Å². The van der Waals surface area contributed by atoms with E-state index in [9.17, 15) is 9.59 Å². The molecular weight excluding hydrogens is 252 g/mol. The fourth-order valence-electron chi connectivity index (χ4n) is 2.20. The van der Waals surface area contributed by atoms with Crippen LogP contribution >= 0.6 is 0 Å². The molecule has 3 heteroatoms. The zero-order valence-electron chi connectivity index (χ0n) is 11.3. The molecule has 20 heavy (non-hydrogen) atoms. The minimum absolute atomic E-state index is 0.0306. The maximum absolute atomic E-state index is 11.6. The second-order valence-corrected chi connectivity index (χ2v) is 4.95. The topological polar surface area (TPSA) is 54.4 Å². The summed E-state index contributed by atoms with van der Waals surface area (Å²) >= 11 is 0. The molecule has 0 saturated carbocycles. The quantitative estimate of drug-likeness (QED) is 0.862. The first kappa shape index (κ1) is 14.3. The number of carbonyl (C=O) groups is 2. The second-order valence-electron chi connectivity index (χ2n) is 4.95. The summed E-state index contributed by atoms with van der Waals surface area (Å²) in [6, 6.07) is 7.91. The standard InChI is InChI=1S/C17H18O3/c18-16(10-11-17(19)20)12-13-6-8-15(9-7-13)14-4-2-1-3-5-14/h2,4-9H,1,3,10-12H2,(H,19,20). The fraction of sp³-hybridized carbons (Fsp3) is 0.294. The molecule has 0 atom stereocenters. The molecule has 1 aromatic carbocycles. The summed E-state index contributed by atoms with van der Waals surface area (Å²) in [6.07, 6.45) is 8.99. The van der Waals surface area contributed by atoms with Gasteiger partial charge in [0.15, 0.2) is 0 Å². The van der Waals surface area contributed by atoms with Crippen molar-refractivity contribution in [1.29, 1.82) is 0 Å². The molecule has 1 aliphatic rings. The van der Waals surface area contributed by atoms with Crippen LogP contribution in [0.5, 0.6) is 0 Å². The first-order valence-corrected chi connectivity index (χ1v) is 6.84. The van der Waals surface area contributed by atoms with Crippen molar-refractivity contribution in [3.05, 3.63) is 53.6 Å². The number of carboxylic acids is 1. The molecule has 0 aromatic heterocycles. The van der Waals surface area contributed by atoms with E-state index in [0.717, 1.165) is 24.0 Å². The number of allylic oxidation sites excluding steroid dienone is 4. The van der Waals surface area contributed by atoms with Crippen LogP contribution < -0.4 is 0 Å². The number of rotatable bonds is 6. The van der Waals surface area contributed by atoms with Gasteiger partial charge in [-0.2, -0.15) is 0 Å². The van der Waals surface area contributed by atoms with Crippen LogP contribution in [0.3, 0.4) is 0 Å². The Morgan fingerprint density at radius 1 is 1.05 bits per heavy atom. The van der Waals surface area contributed by atoms with Gasteiger partial charge in [-0.3, -0.25) is 9.59 Å². The van der Waals surface area contributed by atoms with Crippen molar-refractivity contribution in [2.24, 2.45) is 0 Å². The third-order valence-corrected chi connectivity index (χ3v) is 3.30. The maximum Gasteiger partial charge on any atom is 0.303 e. The maximum atomic E-state index is 11.6. The molecule has 0 fully saturated rings. The van der Waals surface area contributed by atoms with E-state index >= 15 is 0 Å². The van der Waals surface area contributed by atoms with E-state index in [4.69, 9.17) is 5.11 Å². The lowest BCUT2D eigenvalue weighted by molar-refractivity contribution is -0.138. The molecule has 0 unspecified atom stereocenters. The van der Waals surface area contributed by atoms with E-state index in [1.54, 1.807) is 0 Å². The normalized spacial score (nSPS) is 13.9. The lowest BCUT2D eigenvalue weighted by Gasteiger charge is -2.08. The Balaban J connectivity index is 1.94. The monoisotopic (exact) mass is 270 g/mol. The summed E-state index contributed by atoms with van der Waals surface area (Å²) in [6.45, 7) is 0. The van der Waals surface area contributed by atoms with Crippen LogP contribution in [0.1, 0.15) is 36.8 Å². The lowest BCUT2D eigenvalue weighted by Crippen LogP contribution is -2.06. The summed E-state index contributed by atoms with van der Waals surface area (Å²) in [5.74, 6) is -0.957. The third-order valence-electron chi connectivity index (χ3n) is 3.30. The van der Waals surface area contributed by atoms with Crippen molar-refractivity contribution in [2.45, 2.75) is 32.1 Å². The highest BCUT2D eigenvalue weighted by Gasteiger charge is 2.07. The molecule has 1 N–H and O–H groups in total. The smallest absolute Gasteiger partial charge is 0.303 e. The van der Waals surface area contributed by atoms with Gasteiger partial charge >= 0.3 is 5.97 Å². The number of aliphatic carboxylic acids is 1. The van der Waals surface area contributed by atoms with E-state index in [-0.39, 0.29) is 18.6 Å². The molecule has 2 rings (SSSR count). The van der Waals surface area contributed by atoms with Gasteiger partial charge in [0.2, 0.25) is 0 Å². The molecule has 0 saturated heterocycles. The largest absolute Gasteiger partial charge is 0.481 e. The third kappa shape index (κ3) is 4.19. The van der Waals surface area contributed by atoms with Crippen molar-refractivity contribution < 1.29 is 14.7 Å². The SMILES string of the molecule is O=C(O)CCC(=O)Cc1ccc(C2=CCCC=C2)cc1. The molecular formula is C17H18O3. The van der Waals surface area contributed by atoms with Crippen LogP contribution in [-0.2, 0) is 16.0 Å². The molecule has 3 nitrogen and oxygen atoms in total. The number of carbonyl (C=O) groups excluding carboxylic acids is 1. The van der Waals surface area contributed by atoms with Crippen LogP contribution in [0, 0.1) is 0 Å². The first-order valence-electron chi connectivity index (χ1n) is 6.84. The van der Waals surface area contributed by atoms with Gasteiger partial charge in [0.25, 0.3) is 0 Å². The Morgan fingerprint density at radius 3 is 2.40 bits per heavy atom. The zero-order valence-corrected chi connectivity index (χ0v) is 11.3. The summed E-state index contributed by atoms with van der Waals surface area (Å²) in [7, 11) is 0. The van der Waals surface area contributed by atoms with Gasteiger partial charge in [0, 0.05) is 12.8 Å². The van der Waals surface area contributed by atoms with Gasteiger partial charge in [0.1, 0.15) is 5.78 Å². The molecule has 0 spiro atoms. The predicted molar refractivity (Wildman–Crippen MR) is 78.4 cm³/mol.